The molecule has 0 spiro atoms. The molecule has 2 aromatic rings. The van der Waals surface area contributed by atoms with Crippen LogP contribution in [-0.2, 0) is 7.05 Å². The zero-order chi connectivity index (χ0) is 15.0. The Hall–Kier alpha value is -1.26. The number of nitrogens with zero attached hydrogens (tertiary/aromatic N) is 2. The van der Waals surface area contributed by atoms with Gasteiger partial charge in [0.15, 0.2) is 0 Å². The maximum Gasteiger partial charge on any atom is 0.142 e. The number of halogens is 3. The number of hydrogen-bond acceptors (Lipinski definition) is 2. The molecule has 108 valence electrons. The lowest BCUT2D eigenvalue weighted by Crippen LogP contribution is -2.09. The molecule has 0 amide bonds. The second-order valence-corrected chi connectivity index (χ2v) is 5.64. The molecule has 20 heavy (non-hydrogen) atoms. The van der Waals surface area contributed by atoms with E-state index >= 15 is 0 Å². The predicted octanol–water partition coefficient (Wildman–Crippen LogP) is 4.66. The predicted molar refractivity (Wildman–Crippen MR) is 81.1 cm³/mol. The molecule has 0 fully saturated rings. The minimum absolute atomic E-state index is 0.0275. The van der Waals surface area contributed by atoms with Crippen LogP contribution in [0.1, 0.15) is 29.9 Å². The molecule has 0 saturated carbocycles. The standard InChI is InChI=1S/C14H16Cl2FN3/c1-7(10-5-13(17)12(16)6-11(10)15)18-14-8(2)19-20(4)9(14)3/h5-7,18H,1-4H3. The van der Waals surface area contributed by atoms with Crippen LogP contribution in [0.4, 0.5) is 10.1 Å². The third kappa shape index (κ3) is 2.76. The summed E-state index contributed by atoms with van der Waals surface area (Å²) in [7, 11) is 1.88. The lowest BCUT2D eigenvalue weighted by molar-refractivity contribution is 0.624. The summed E-state index contributed by atoms with van der Waals surface area (Å²) in [6, 6.07) is 2.63. The van der Waals surface area contributed by atoms with Crippen LogP contribution in [0.3, 0.4) is 0 Å². The quantitative estimate of drug-likeness (QED) is 0.835. The lowest BCUT2D eigenvalue weighted by Gasteiger charge is -2.18. The molecule has 2 rings (SSSR count). The molecule has 1 unspecified atom stereocenters. The Balaban J connectivity index is 2.33. The molecule has 1 aromatic heterocycles. The fourth-order valence-corrected chi connectivity index (χ4v) is 2.69. The van der Waals surface area contributed by atoms with Crippen molar-refractivity contribution in [2.45, 2.75) is 26.8 Å². The van der Waals surface area contributed by atoms with Crippen molar-refractivity contribution in [1.29, 1.82) is 0 Å². The Morgan fingerprint density at radius 3 is 2.45 bits per heavy atom. The molecule has 1 heterocycles. The number of aromatic nitrogens is 2. The molecule has 0 aliphatic heterocycles. The van der Waals surface area contributed by atoms with Gasteiger partial charge in [0.2, 0.25) is 0 Å². The Bertz CT molecular complexity index is 652. The minimum atomic E-state index is -0.473. The van der Waals surface area contributed by atoms with E-state index in [0.29, 0.717) is 10.6 Å². The third-order valence-corrected chi connectivity index (χ3v) is 3.99. The smallest absolute Gasteiger partial charge is 0.142 e. The van der Waals surface area contributed by atoms with E-state index in [1.807, 2.05) is 27.8 Å². The third-order valence-electron chi connectivity index (χ3n) is 3.38. The van der Waals surface area contributed by atoms with Crippen molar-refractivity contribution in [3.05, 3.63) is 44.9 Å². The van der Waals surface area contributed by atoms with Crippen LogP contribution < -0.4 is 5.32 Å². The van der Waals surface area contributed by atoms with E-state index in [2.05, 4.69) is 10.4 Å². The van der Waals surface area contributed by atoms with Gasteiger partial charge >= 0.3 is 0 Å². The van der Waals surface area contributed by atoms with Gasteiger partial charge in [0.05, 0.1) is 28.1 Å². The van der Waals surface area contributed by atoms with Gasteiger partial charge in [0, 0.05) is 12.1 Å². The average Bonchev–Trinajstić information content (AvgIpc) is 2.60. The highest BCUT2D eigenvalue weighted by Crippen LogP contribution is 2.31. The molecule has 3 nitrogen and oxygen atoms in total. The van der Waals surface area contributed by atoms with Gasteiger partial charge in [-0.25, -0.2) is 4.39 Å². The van der Waals surface area contributed by atoms with Crippen LogP contribution in [0.25, 0.3) is 0 Å². The van der Waals surface area contributed by atoms with Crippen molar-refractivity contribution in [3.8, 4) is 0 Å². The summed E-state index contributed by atoms with van der Waals surface area (Å²) >= 11 is 11.8. The maximum atomic E-state index is 13.6. The molecule has 0 aliphatic rings. The Morgan fingerprint density at radius 1 is 1.25 bits per heavy atom. The molecular formula is C14H16Cl2FN3. The number of nitrogens with one attached hydrogen (secondary N) is 1. The van der Waals surface area contributed by atoms with E-state index in [9.17, 15) is 4.39 Å². The van der Waals surface area contributed by atoms with Crippen LogP contribution in [-0.4, -0.2) is 9.78 Å². The van der Waals surface area contributed by atoms with Gasteiger partial charge in [-0.3, -0.25) is 4.68 Å². The lowest BCUT2D eigenvalue weighted by atomic mass is 10.1. The van der Waals surface area contributed by atoms with Gasteiger partial charge in [-0.1, -0.05) is 23.2 Å². The van der Waals surface area contributed by atoms with Crippen molar-refractivity contribution in [3.63, 3.8) is 0 Å². The normalized spacial score (nSPS) is 12.6. The summed E-state index contributed by atoms with van der Waals surface area (Å²) in [5, 5.41) is 8.13. The first-order valence-electron chi connectivity index (χ1n) is 6.22. The second kappa shape index (κ2) is 5.62. The highest BCUT2D eigenvalue weighted by Gasteiger charge is 2.17. The fraction of sp³-hybridized carbons (Fsp3) is 0.357. The van der Waals surface area contributed by atoms with Crippen LogP contribution in [0.2, 0.25) is 10.0 Å². The molecule has 0 aliphatic carbocycles. The van der Waals surface area contributed by atoms with Crippen LogP contribution in [0, 0.1) is 19.7 Å². The first-order chi connectivity index (χ1) is 9.31. The molecule has 0 saturated heterocycles. The largest absolute Gasteiger partial charge is 0.375 e. The first-order valence-corrected chi connectivity index (χ1v) is 6.98. The number of anilines is 1. The van der Waals surface area contributed by atoms with Crippen molar-refractivity contribution in [2.75, 3.05) is 5.32 Å². The first kappa shape index (κ1) is 15.1. The molecule has 6 heteroatoms. The molecule has 1 atom stereocenters. The van der Waals surface area contributed by atoms with E-state index in [1.165, 1.54) is 12.1 Å². The molecular weight excluding hydrogens is 300 g/mol. The van der Waals surface area contributed by atoms with Crippen molar-refractivity contribution >= 4 is 28.9 Å². The van der Waals surface area contributed by atoms with Gasteiger partial charge in [-0.05, 0) is 38.5 Å². The van der Waals surface area contributed by atoms with Crippen molar-refractivity contribution < 1.29 is 4.39 Å². The molecule has 1 N–H and O–H groups in total. The average molecular weight is 316 g/mol. The Kier molecular flexibility index (Phi) is 4.25. The fourth-order valence-electron chi connectivity index (χ4n) is 2.15. The summed E-state index contributed by atoms with van der Waals surface area (Å²) in [6.07, 6.45) is 0. The summed E-state index contributed by atoms with van der Waals surface area (Å²) < 4.78 is 15.4. The Morgan fingerprint density at radius 2 is 1.90 bits per heavy atom. The zero-order valence-electron chi connectivity index (χ0n) is 11.8. The number of benzene rings is 1. The van der Waals surface area contributed by atoms with E-state index in [-0.39, 0.29) is 11.1 Å². The van der Waals surface area contributed by atoms with Crippen molar-refractivity contribution in [1.82, 2.24) is 9.78 Å². The molecule has 0 bridgehead atoms. The minimum Gasteiger partial charge on any atom is -0.375 e. The summed E-state index contributed by atoms with van der Waals surface area (Å²) in [6.45, 7) is 5.81. The second-order valence-electron chi connectivity index (χ2n) is 4.82. The number of rotatable bonds is 3. The van der Waals surface area contributed by atoms with E-state index < -0.39 is 5.82 Å². The van der Waals surface area contributed by atoms with Crippen molar-refractivity contribution in [2.24, 2.45) is 7.05 Å². The zero-order valence-corrected chi connectivity index (χ0v) is 13.3. The highest BCUT2D eigenvalue weighted by atomic mass is 35.5. The van der Waals surface area contributed by atoms with Gasteiger partial charge < -0.3 is 5.32 Å². The van der Waals surface area contributed by atoms with Gasteiger partial charge in [-0.15, -0.1) is 0 Å². The van der Waals surface area contributed by atoms with E-state index in [1.54, 1.807) is 4.68 Å². The van der Waals surface area contributed by atoms with Gasteiger partial charge in [0.25, 0.3) is 0 Å². The van der Waals surface area contributed by atoms with Crippen LogP contribution in [0.5, 0.6) is 0 Å². The Labute approximate surface area is 127 Å². The SMILES string of the molecule is Cc1nn(C)c(C)c1NC(C)c1cc(F)c(Cl)cc1Cl. The topological polar surface area (TPSA) is 29.9 Å². The number of aryl methyl sites for hydroxylation is 2. The summed E-state index contributed by atoms with van der Waals surface area (Å²) in [5.41, 5.74) is 3.50. The summed E-state index contributed by atoms with van der Waals surface area (Å²) in [4.78, 5) is 0. The van der Waals surface area contributed by atoms with Crippen LogP contribution in [0.15, 0.2) is 12.1 Å². The molecule has 0 radical (unpaired) electrons. The van der Waals surface area contributed by atoms with Gasteiger partial charge in [0.1, 0.15) is 5.82 Å². The van der Waals surface area contributed by atoms with Gasteiger partial charge in [-0.2, -0.15) is 5.10 Å². The van der Waals surface area contributed by atoms with E-state index in [0.717, 1.165) is 17.1 Å². The molecule has 1 aromatic carbocycles. The number of hydrogen-bond donors (Lipinski definition) is 1. The highest BCUT2D eigenvalue weighted by molar-refractivity contribution is 6.35. The summed E-state index contributed by atoms with van der Waals surface area (Å²) in [5.74, 6) is -0.473. The maximum absolute atomic E-state index is 13.6. The van der Waals surface area contributed by atoms with E-state index in [4.69, 9.17) is 23.2 Å². The monoisotopic (exact) mass is 315 g/mol. The van der Waals surface area contributed by atoms with Crippen LogP contribution >= 0.6 is 23.2 Å².